The Hall–Kier alpha value is -13.3. The standard InChI is InChI=1S/2C22H23N3O3.2C21H20FN3O3/c1-5-22(27)25(4)17-7-8-19(14(2)10-17)20-9-6-16(13-23-20)21(26)12-18-11-15(3)24-28-18;1-5-22(27)25(4)17-7-8-19(14(2)10-17)16-6-9-20(23-13-16)21(26)12-18-11-15(3)24-28-18;1-4-21(27)25(3)15-6-7-17(18(22)10-15)19-8-5-14(12-23-19)20(26)11-16-9-13(2)24-28-16;1-4-21(27)25(3)15-6-7-17(18(22)10-15)14-5-8-19(23-12-14)20(26)11-16-9-13(2)24-28-16/h2*6-11,13H,5,12H2,1-4H3;2*5-10,12H,4,11H2,1-3H3. The van der Waals surface area contributed by atoms with Gasteiger partial charge in [-0.3, -0.25) is 58.3 Å². The molecule has 0 spiro atoms. The van der Waals surface area contributed by atoms with Gasteiger partial charge in [-0.15, -0.1) is 0 Å². The number of aryl methyl sites for hydroxylation is 6. The number of anilines is 4. The van der Waals surface area contributed by atoms with Gasteiger partial charge in [-0.1, -0.05) is 72.6 Å². The first-order chi connectivity index (χ1) is 53.5. The molecule has 8 aromatic heterocycles. The number of carbonyl (C=O) groups excluding carboxylic acids is 8. The maximum Gasteiger partial charge on any atom is 0.226 e. The molecule has 112 heavy (non-hydrogen) atoms. The number of aromatic nitrogens is 8. The number of hydrogen-bond donors (Lipinski definition) is 0. The van der Waals surface area contributed by atoms with Crippen LogP contribution in [0.2, 0.25) is 0 Å². The molecule has 0 fully saturated rings. The number of hydrogen-bond acceptors (Lipinski definition) is 20. The molecule has 26 heteroatoms. The van der Waals surface area contributed by atoms with Crippen LogP contribution in [-0.2, 0) is 44.9 Å². The molecule has 12 aromatic rings. The molecule has 0 unspecified atom stereocenters. The molecule has 4 aromatic carbocycles. The molecule has 0 atom stereocenters. The Bertz CT molecular complexity index is 4700. The van der Waals surface area contributed by atoms with Gasteiger partial charge >= 0.3 is 0 Å². The first kappa shape index (κ1) is 82.8. The van der Waals surface area contributed by atoms with Crippen molar-refractivity contribution in [3.8, 4) is 44.8 Å². The Morgan fingerprint density at radius 2 is 0.625 bits per heavy atom. The molecule has 12 rings (SSSR count). The van der Waals surface area contributed by atoms with Crippen LogP contribution in [0.5, 0.6) is 0 Å². The zero-order chi connectivity index (χ0) is 81.0. The number of halogens is 2. The first-order valence-corrected chi connectivity index (χ1v) is 36.1. The SMILES string of the molecule is CCC(=O)N(C)c1ccc(-c2ccc(C(=O)Cc3cc(C)no3)cn2)c(C)c1.CCC(=O)N(C)c1ccc(-c2ccc(C(=O)Cc3cc(C)no3)cn2)c(F)c1.CCC(=O)N(C)c1ccc(-c2ccc(C(=O)Cc3cc(C)no3)nc2)c(C)c1.CCC(=O)N(C)c1ccc(-c2ccc(C(=O)Cc3cc(C)no3)nc2)c(F)c1. The van der Waals surface area contributed by atoms with Crippen molar-refractivity contribution in [1.82, 2.24) is 40.6 Å². The Balaban J connectivity index is 0.000000171. The van der Waals surface area contributed by atoms with Crippen LogP contribution in [-0.4, -0.2) is 116 Å². The van der Waals surface area contributed by atoms with Gasteiger partial charge in [0, 0.05) is 165 Å². The van der Waals surface area contributed by atoms with E-state index in [9.17, 15) is 47.1 Å². The maximum absolute atomic E-state index is 14.6. The van der Waals surface area contributed by atoms with Crippen molar-refractivity contribution < 1.29 is 65.2 Å². The molecule has 0 saturated heterocycles. The van der Waals surface area contributed by atoms with Gasteiger partial charge in [-0.25, -0.2) is 8.78 Å². The molecule has 0 saturated carbocycles. The Morgan fingerprint density at radius 1 is 0.321 bits per heavy atom. The fourth-order valence-electron chi connectivity index (χ4n) is 11.6. The fourth-order valence-corrected chi connectivity index (χ4v) is 11.6. The summed E-state index contributed by atoms with van der Waals surface area (Å²) in [7, 11) is 6.76. The summed E-state index contributed by atoms with van der Waals surface area (Å²) in [5.74, 6) is 0.458. The van der Waals surface area contributed by atoms with Crippen LogP contribution >= 0.6 is 0 Å². The lowest BCUT2D eigenvalue weighted by Gasteiger charge is -2.18. The van der Waals surface area contributed by atoms with Crippen LogP contribution in [0.25, 0.3) is 44.8 Å². The van der Waals surface area contributed by atoms with E-state index in [4.69, 9.17) is 18.1 Å². The average Bonchev–Trinajstić information content (AvgIpc) is 1.03. The highest BCUT2D eigenvalue weighted by Gasteiger charge is 2.21. The summed E-state index contributed by atoms with van der Waals surface area (Å²) in [5.41, 5.74) is 14.5. The number of Topliss-reactive ketones (excluding diaryl/α,β-unsaturated/α-hetero) is 4. The van der Waals surface area contributed by atoms with Crippen LogP contribution in [0, 0.1) is 53.2 Å². The van der Waals surface area contributed by atoms with Crippen molar-refractivity contribution in [2.45, 2.75) is 121 Å². The number of carbonyl (C=O) groups is 8. The third-order valence-corrected chi connectivity index (χ3v) is 18.1. The van der Waals surface area contributed by atoms with Crippen LogP contribution in [0.1, 0.15) is 152 Å². The maximum atomic E-state index is 14.6. The van der Waals surface area contributed by atoms with E-state index in [0.29, 0.717) is 111 Å². The van der Waals surface area contributed by atoms with E-state index >= 15 is 0 Å². The van der Waals surface area contributed by atoms with Crippen molar-refractivity contribution in [3.63, 3.8) is 0 Å². The molecular formula is C86H86F2N12O12. The molecule has 0 aliphatic rings. The Labute approximate surface area is 646 Å². The second-order valence-corrected chi connectivity index (χ2v) is 26.4. The Kier molecular flexibility index (Phi) is 28.2. The molecular weight excluding hydrogens is 1430 g/mol. The molecule has 0 bridgehead atoms. The molecule has 8 heterocycles. The normalized spacial score (nSPS) is 10.7. The Morgan fingerprint density at radius 3 is 0.911 bits per heavy atom. The first-order valence-electron chi connectivity index (χ1n) is 36.1. The van der Waals surface area contributed by atoms with E-state index in [1.54, 1.807) is 163 Å². The quantitative estimate of drug-likeness (QED) is 0.0507. The number of ketones is 4. The minimum Gasteiger partial charge on any atom is -0.361 e. The molecule has 0 aliphatic carbocycles. The molecule has 0 N–H and O–H groups in total. The monoisotopic (exact) mass is 1520 g/mol. The highest BCUT2D eigenvalue weighted by atomic mass is 19.1. The van der Waals surface area contributed by atoms with Crippen molar-refractivity contribution >= 4 is 69.5 Å². The lowest BCUT2D eigenvalue weighted by atomic mass is 10.0. The van der Waals surface area contributed by atoms with E-state index in [-0.39, 0.29) is 78.1 Å². The van der Waals surface area contributed by atoms with E-state index in [1.807, 2.05) is 90.1 Å². The third-order valence-electron chi connectivity index (χ3n) is 18.1. The molecule has 0 radical (unpaired) electrons. The smallest absolute Gasteiger partial charge is 0.226 e. The second kappa shape index (κ2) is 38.2. The number of pyridine rings is 4. The van der Waals surface area contributed by atoms with Gasteiger partial charge < -0.3 is 37.7 Å². The molecule has 576 valence electrons. The summed E-state index contributed by atoms with van der Waals surface area (Å²) in [6, 6.07) is 41.3. The van der Waals surface area contributed by atoms with Crippen molar-refractivity contribution in [3.05, 3.63) is 261 Å². The molecule has 0 aliphatic heterocycles. The summed E-state index contributed by atoms with van der Waals surface area (Å²) in [6.07, 6.45) is 8.20. The van der Waals surface area contributed by atoms with E-state index in [2.05, 4.69) is 40.6 Å². The van der Waals surface area contributed by atoms with Gasteiger partial charge in [0.25, 0.3) is 0 Å². The van der Waals surface area contributed by atoms with Crippen molar-refractivity contribution in [1.29, 1.82) is 0 Å². The highest BCUT2D eigenvalue weighted by Crippen LogP contribution is 2.32. The number of benzene rings is 4. The number of amides is 4. The fraction of sp³-hybridized carbons (Fsp3) is 0.256. The van der Waals surface area contributed by atoms with Gasteiger partial charge in [0.05, 0.1) is 59.8 Å². The predicted octanol–water partition coefficient (Wildman–Crippen LogP) is 16.3. The van der Waals surface area contributed by atoms with Crippen molar-refractivity contribution in [2.24, 2.45) is 0 Å². The van der Waals surface area contributed by atoms with Gasteiger partial charge in [-0.2, -0.15) is 0 Å². The average molecular weight is 1520 g/mol. The lowest BCUT2D eigenvalue weighted by molar-refractivity contribution is -0.118. The molecule has 24 nitrogen and oxygen atoms in total. The van der Waals surface area contributed by atoms with Crippen LogP contribution in [0.4, 0.5) is 31.5 Å². The number of nitrogens with zero attached hydrogens (tertiary/aromatic N) is 12. The summed E-state index contributed by atoms with van der Waals surface area (Å²) < 4.78 is 49.4. The van der Waals surface area contributed by atoms with E-state index in [1.165, 1.54) is 34.3 Å². The summed E-state index contributed by atoms with van der Waals surface area (Å²) >= 11 is 0. The van der Waals surface area contributed by atoms with E-state index < -0.39 is 11.6 Å². The van der Waals surface area contributed by atoms with Crippen LogP contribution in [0.15, 0.2) is 188 Å². The third kappa shape index (κ3) is 21.6. The second-order valence-electron chi connectivity index (χ2n) is 26.4. The number of rotatable bonds is 24. The summed E-state index contributed by atoms with van der Waals surface area (Å²) in [5, 5.41) is 15.1. The van der Waals surface area contributed by atoms with Crippen LogP contribution < -0.4 is 19.6 Å². The van der Waals surface area contributed by atoms with Crippen molar-refractivity contribution in [2.75, 3.05) is 47.8 Å². The van der Waals surface area contributed by atoms with Gasteiger partial charge in [0.15, 0.2) is 23.1 Å². The van der Waals surface area contributed by atoms with Crippen LogP contribution in [0.3, 0.4) is 0 Å². The van der Waals surface area contributed by atoms with E-state index in [0.717, 1.165) is 56.3 Å². The van der Waals surface area contributed by atoms with Gasteiger partial charge in [-0.05, 0) is 155 Å². The summed E-state index contributed by atoms with van der Waals surface area (Å²) in [6.45, 7) is 18.4. The summed E-state index contributed by atoms with van der Waals surface area (Å²) in [4.78, 5) is 120. The lowest BCUT2D eigenvalue weighted by Crippen LogP contribution is -2.25. The molecule has 4 amide bonds. The minimum atomic E-state index is -0.489. The van der Waals surface area contributed by atoms with Gasteiger partial charge in [0.2, 0.25) is 23.6 Å². The predicted molar refractivity (Wildman–Crippen MR) is 420 cm³/mol. The largest absolute Gasteiger partial charge is 0.361 e. The zero-order valence-electron chi connectivity index (χ0n) is 64.8. The highest BCUT2D eigenvalue weighted by molar-refractivity contribution is 6.00. The zero-order valence-corrected chi connectivity index (χ0v) is 64.8. The van der Waals surface area contributed by atoms with Gasteiger partial charge in [0.1, 0.15) is 46.1 Å². The minimum absolute atomic E-state index is 0.0635. The topological polar surface area (TPSA) is 305 Å².